The fraction of sp³-hybridized carbons (Fsp3) is 0.278. The molecule has 0 fully saturated rings. The highest BCUT2D eigenvalue weighted by Crippen LogP contribution is 2.22. The molecular weight excluding hydrogens is 389 g/mol. The third kappa shape index (κ3) is 4.70. The van der Waals surface area contributed by atoms with Gasteiger partial charge < -0.3 is 4.90 Å². The number of sulfonamides is 1. The number of benzene rings is 2. The number of nitrogens with zero attached hydrogens (tertiary/aromatic N) is 3. The number of amides is 1. The van der Waals surface area contributed by atoms with Crippen molar-refractivity contribution in [3.05, 3.63) is 70.0 Å². The Morgan fingerprint density at radius 2 is 1.79 bits per heavy atom. The maximum absolute atomic E-state index is 13.1. The molecule has 0 aliphatic rings. The highest BCUT2D eigenvalue weighted by atomic mass is 32.2. The first-order chi connectivity index (χ1) is 13.0. The summed E-state index contributed by atoms with van der Waals surface area (Å²) in [6, 6.07) is 9.88. The molecule has 1 unspecified atom stereocenters. The highest BCUT2D eigenvalue weighted by molar-refractivity contribution is 7.89. The van der Waals surface area contributed by atoms with Crippen LogP contribution in [-0.2, 0) is 14.8 Å². The number of nitro benzene ring substituents is 1. The molecule has 0 aromatic heterocycles. The number of carbonyl (C=O) groups excluding carboxylic acids is 1. The van der Waals surface area contributed by atoms with E-state index in [0.29, 0.717) is 5.56 Å². The van der Waals surface area contributed by atoms with E-state index in [1.54, 1.807) is 19.1 Å². The zero-order valence-electron chi connectivity index (χ0n) is 15.6. The summed E-state index contributed by atoms with van der Waals surface area (Å²) in [5, 5.41) is 10.9. The zero-order valence-corrected chi connectivity index (χ0v) is 16.4. The van der Waals surface area contributed by atoms with E-state index in [9.17, 15) is 27.7 Å². The third-order valence-electron chi connectivity index (χ3n) is 4.42. The van der Waals surface area contributed by atoms with Crippen LogP contribution in [0.3, 0.4) is 0 Å². The van der Waals surface area contributed by atoms with Crippen LogP contribution in [0, 0.1) is 15.9 Å². The second kappa shape index (κ2) is 8.44. The number of hydrogen-bond donors (Lipinski definition) is 0. The molecule has 0 saturated carbocycles. The average Bonchev–Trinajstić information content (AvgIpc) is 2.67. The van der Waals surface area contributed by atoms with Crippen molar-refractivity contribution in [3.8, 4) is 0 Å². The SMILES string of the molecule is CC(c1ccc(F)cc1)N(C)C(=O)CN(C)S(=O)(=O)c1cccc([N+](=O)[O-])c1. The fourth-order valence-electron chi connectivity index (χ4n) is 2.51. The summed E-state index contributed by atoms with van der Waals surface area (Å²) in [5.74, 6) is -0.874. The molecule has 0 saturated heterocycles. The molecule has 2 rings (SSSR count). The van der Waals surface area contributed by atoms with Crippen LogP contribution < -0.4 is 0 Å². The van der Waals surface area contributed by atoms with Gasteiger partial charge in [-0.25, -0.2) is 12.8 Å². The van der Waals surface area contributed by atoms with Gasteiger partial charge in [-0.15, -0.1) is 0 Å². The minimum atomic E-state index is -4.09. The molecular formula is C18H20FN3O5S. The topological polar surface area (TPSA) is 101 Å². The smallest absolute Gasteiger partial charge is 0.270 e. The third-order valence-corrected chi connectivity index (χ3v) is 6.22. The second-order valence-electron chi connectivity index (χ2n) is 6.25. The largest absolute Gasteiger partial charge is 0.338 e. The normalized spacial score (nSPS) is 12.6. The molecule has 2 aromatic carbocycles. The molecule has 0 aliphatic heterocycles. The number of non-ortho nitro benzene ring substituents is 1. The summed E-state index contributed by atoms with van der Waals surface area (Å²) < 4.78 is 39.2. The summed E-state index contributed by atoms with van der Waals surface area (Å²) in [7, 11) is -1.35. The van der Waals surface area contributed by atoms with Gasteiger partial charge in [-0.2, -0.15) is 4.31 Å². The molecule has 8 nitrogen and oxygen atoms in total. The lowest BCUT2D eigenvalue weighted by Gasteiger charge is -2.27. The first-order valence-corrected chi connectivity index (χ1v) is 9.70. The summed E-state index contributed by atoms with van der Waals surface area (Å²) in [6.45, 7) is 1.28. The van der Waals surface area contributed by atoms with E-state index in [1.165, 1.54) is 49.3 Å². The Kier molecular flexibility index (Phi) is 6.47. The van der Waals surface area contributed by atoms with E-state index in [4.69, 9.17) is 0 Å². The van der Waals surface area contributed by atoms with E-state index in [-0.39, 0.29) is 10.6 Å². The zero-order chi connectivity index (χ0) is 21.1. The second-order valence-corrected chi connectivity index (χ2v) is 8.29. The molecule has 10 heteroatoms. The summed E-state index contributed by atoms with van der Waals surface area (Å²) in [5.41, 5.74) is 0.337. The van der Waals surface area contributed by atoms with Crippen LogP contribution in [0.2, 0.25) is 0 Å². The Hall–Kier alpha value is -2.85. The molecule has 1 atom stereocenters. The molecule has 150 valence electrons. The van der Waals surface area contributed by atoms with Crippen molar-refractivity contribution in [1.29, 1.82) is 0 Å². The first-order valence-electron chi connectivity index (χ1n) is 8.26. The van der Waals surface area contributed by atoms with Gasteiger partial charge in [0.15, 0.2) is 0 Å². The summed E-state index contributed by atoms with van der Waals surface area (Å²) >= 11 is 0. The predicted molar refractivity (Wildman–Crippen MR) is 100 cm³/mol. The van der Waals surface area contributed by atoms with Crippen LogP contribution in [0.15, 0.2) is 53.4 Å². The quantitative estimate of drug-likeness (QED) is 0.517. The Balaban J connectivity index is 2.15. The molecule has 0 spiro atoms. The van der Waals surface area contributed by atoms with E-state index >= 15 is 0 Å². The number of carbonyl (C=O) groups is 1. The van der Waals surface area contributed by atoms with Crippen molar-refractivity contribution < 1.29 is 22.5 Å². The molecule has 2 aromatic rings. The fourth-order valence-corrected chi connectivity index (χ4v) is 3.67. The van der Waals surface area contributed by atoms with Gasteiger partial charge in [0.05, 0.1) is 22.4 Å². The van der Waals surface area contributed by atoms with Gasteiger partial charge in [0.1, 0.15) is 5.82 Å². The Labute approximate surface area is 162 Å². The van der Waals surface area contributed by atoms with Crippen molar-refractivity contribution in [2.45, 2.75) is 17.9 Å². The Morgan fingerprint density at radius 3 is 2.36 bits per heavy atom. The van der Waals surface area contributed by atoms with Crippen molar-refractivity contribution in [2.75, 3.05) is 20.6 Å². The minimum absolute atomic E-state index is 0.272. The van der Waals surface area contributed by atoms with E-state index in [1.807, 2.05) is 0 Å². The number of nitro groups is 1. The lowest BCUT2D eigenvalue weighted by atomic mass is 10.1. The molecule has 1 amide bonds. The van der Waals surface area contributed by atoms with Gasteiger partial charge in [0, 0.05) is 26.2 Å². The van der Waals surface area contributed by atoms with Gasteiger partial charge in [-0.1, -0.05) is 18.2 Å². The van der Waals surface area contributed by atoms with Gasteiger partial charge in [0.2, 0.25) is 15.9 Å². The van der Waals surface area contributed by atoms with Crippen LogP contribution in [-0.4, -0.2) is 49.1 Å². The molecule has 0 aliphatic carbocycles. The molecule has 0 bridgehead atoms. The highest BCUT2D eigenvalue weighted by Gasteiger charge is 2.27. The van der Waals surface area contributed by atoms with Gasteiger partial charge in [-0.05, 0) is 30.7 Å². The van der Waals surface area contributed by atoms with E-state index in [2.05, 4.69) is 0 Å². The number of likely N-dealkylation sites (N-methyl/N-ethyl adjacent to an activating group) is 2. The molecule has 0 heterocycles. The number of halogens is 1. The average molecular weight is 409 g/mol. The van der Waals surface area contributed by atoms with Crippen molar-refractivity contribution in [1.82, 2.24) is 9.21 Å². The van der Waals surface area contributed by atoms with E-state index in [0.717, 1.165) is 10.4 Å². The maximum Gasteiger partial charge on any atom is 0.270 e. The summed E-state index contributed by atoms with van der Waals surface area (Å²) in [6.07, 6.45) is 0. The van der Waals surface area contributed by atoms with Crippen LogP contribution >= 0.6 is 0 Å². The van der Waals surface area contributed by atoms with Crippen LogP contribution in [0.1, 0.15) is 18.5 Å². The van der Waals surface area contributed by atoms with Crippen LogP contribution in [0.25, 0.3) is 0 Å². The summed E-state index contributed by atoms with van der Waals surface area (Å²) in [4.78, 5) is 23.8. The van der Waals surface area contributed by atoms with Crippen molar-refractivity contribution in [3.63, 3.8) is 0 Å². The number of hydrogen-bond acceptors (Lipinski definition) is 5. The standard InChI is InChI=1S/C18H20FN3O5S/c1-13(14-7-9-15(19)10-8-14)21(3)18(23)12-20(2)28(26,27)17-6-4-5-16(11-17)22(24)25/h4-11,13H,12H2,1-3H3. The molecule has 0 radical (unpaired) electrons. The Morgan fingerprint density at radius 1 is 1.18 bits per heavy atom. The van der Waals surface area contributed by atoms with Crippen LogP contribution in [0.5, 0.6) is 0 Å². The van der Waals surface area contributed by atoms with E-state index < -0.39 is 39.3 Å². The minimum Gasteiger partial charge on any atom is -0.338 e. The first kappa shape index (κ1) is 21.5. The van der Waals surface area contributed by atoms with Gasteiger partial charge >= 0.3 is 0 Å². The van der Waals surface area contributed by atoms with Crippen molar-refractivity contribution >= 4 is 21.6 Å². The lowest BCUT2D eigenvalue weighted by molar-refractivity contribution is -0.385. The molecule has 28 heavy (non-hydrogen) atoms. The van der Waals surface area contributed by atoms with Gasteiger partial charge in [0.25, 0.3) is 5.69 Å². The molecule has 0 N–H and O–H groups in total. The predicted octanol–water partition coefficient (Wildman–Crippen LogP) is 2.57. The lowest BCUT2D eigenvalue weighted by Crippen LogP contribution is -2.40. The number of rotatable bonds is 7. The van der Waals surface area contributed by atoms with Gasteiger partial charge in [-0.3, -0.25) is 14.9 Å². The monoisotopic (exact) mass is 409 g/mol. The maximum atomic E-state index is 13.1. The Bertz CT molecular complexity index is 979. The van der Waals surface area contributed by atoms with Crippen LogP contribution in [0.4, 0.5) is 10.1 Å². The van der Waals surface area contributed by atoms with Crippen molar-refractivity contribution in [2.24, 2.45) is 0 Å².